The molecule has 1 N–H and O–H groups in total. The minimum absolute atomic E-state index is 0.241. The summed E-state index contributed by atoms with van der Waals surface area (Å²) in [5.41, 5.74) is 1.20. The van der Waals surface area contributed by atoms with E-state index in [0.717, 1.165) is 24.8 Å². The molecule has 1 aromatic carbocycles. The maximum absolute atomic E-state index is 12.1. The molecule has 1 amide bonds. The Morgan fingerprint density at radius 1 is 1.26 bits per heavy atom. The number of amides is 1. The highest BCUT2D eigenvalue weighted by molar-refractivity contribution is 6.00. The zero-order valence-electron chi connectivity index (χ0n) is 14.2. The third-order valence-corrected chi connectivity index (χ3v) is 3.98. The van der Waals surface area contributed by atoms with Crippen molar-refractivity contribution < 1.29 is 14.7 Å². The first kappa shape index (κ1) is 17.3. The van der Waals surface area contributed by atoms with Crippen molar-refractivity contribution in [2.24, 2.45) is 11.1 Å². The molecule has 1 saturated heterocycles. The summed E-state index contributed by atoms with van der Waals surface area (Å²) in [6, 6.07) is 9.71. The molecular formula is C18H26N2O3. The molecule has 0 atom stereocenters. The summed E-state index contributed by atoms with van der Waals surface area (Å²) in [5.74, 6) is 0.416. The van der Waals surface area contributed by atoms with Crippen LogP contribution < -0.4 is 0 Å². The molecule has 1 aliphatic rings. The van der Waals surface area contributed by atoms with E-state index in [9.17, 15) is 10.0 Å². The van der Waals surface area contributed by atoms with Crippen molar-refractivity contribution in [3.8, 4) is 0 Å². The van der Waals surface area contributed by atoms with E-state index in [1.165, 1.54) is 0 Å². The van der Waals surface area contributed by atoms with Crippen LogP contribution in [0.3, 0.4) is 0 Å². The van der Waals surface area contributed by atoms with Crippen LogP contribution in [0.1, 0.15) is 45.6 Å². The monoisotopic (exact) mass is 318 g/mol. The first-order valence-corrected chi connectivity index (χ1v) is 8.13. The zero-order valence-corrected chi connectivity index (χ0v) is 14.2. The molecular weight excluding hydrogens is 292 g/mol. The molecule has 0 aliphatic carbocycles. The van der Waals surface area contributed by atoms with Gasteiger partial charge in [0.15, 0.2) is 0 Å². The van der Waals surface area contributed by atoms with E-state index in [2.05, 4.69) is 5.16 Å². The summed E-state index contributed by atoms with van der Waals surface area (Å²) in [5, 5.41) is 12.7. The van der Waals surface area contributed by atoms with Gasteiger partial charge in [-0.25, -0.2) is 4.79 Å². The Morgan fingerprint density at radius 2 is 1.87 bits per heavy atom. The van der Waals surface area contributed by atoms with Crippen molar-refractivity contribution in [3.63, 3.8) is 0 Å². The molecule has 23 heavy (non-hydrogen) atoms. The van der Waals surface area contributed by atoms with Crippen LogP contribution in [0.25, 0.3) is 0 Å². The number of rotatable bonds is 3. The first-order valence-electron chi connectivity index (χ1n) is 8.13. The maximum Gasteiger partial charge on any atom is 0.410 e. The Morgan fingerprint density at radius 3 is 2.39 bits per heavy atom. The van der Waals surface area contributed by atoms with Gasteiger partial charge in [0.05, 0.1) is 5.71 Å². The number of benzene rings is 1. The van der Waals surface area contributed by atoms with Crippen molar-refractivity contribution in [1.82, 2.24) is 4.90 Å². The lowest BCUT2D eigenvalue weighted by Crippen LogP contribution is -2.42. The highest BCUT2D eigenvalue weighted by Gasteiger charge is 2.27. The van der Waals surface area contributed by atoms with Crippen LogP contribution in [0.15, 0.2) is 35.5 Å². The van der Waals surface area contributed by atoms with Gasteiger partial charge in [0.2, 0.25) is 0 Å². The summed E-state index contributed by atoms with van der Waals surface area (Å²) in [6.07, 6.45) is 2.27. The molecule has 0 saturated carbocycles. The Bertz CT molecular complexity index is 541. The number of hydrogen-bond donors (Lipinski definition) is 1. The molecule has 0 bridgehead atoms. The number of ether oxygens (including phenoxy) is 1. The predicted octanol–water partition coefficient (Wildman–Crippen LogP) is 3.90. The number of carbonyl (C=O) groups is 1. The van der Waals surface area contributed by atoms with Gasteiger partial charge in [-0.15, -0.1) is 0 Å². The molecule has 2 rings (SSSR count). The van der Waals surface area contributed by atoms with Crippen LogP contribution in [-0.2, 0) is 4.74 Å². The van der Waals surface area contributed by atoms with E-state index in [4.69, 9.17) is 4.74 Å². The third kappa shape index (κ3) is 5.27. The van der Waals surface area contributed by atoms with Gasteiger partial charge in [0.1, 0.15) is 5.60 Å². The number of carbonyl (C=O) groups excluding carboxylic acids is 1. The van der Waals surface area contributed by atoms with Crippen LogP contribution in [0.5, 0.6) is 0 Å². The topological polar surface area (TPSA) is 62.1 Å². The fourth-order valence-corrected chi connectivity index (χ4v) is 2.77. The second kappa shape index (κ2) is 7.49. The third-order valence-electron chi connectivity index (χ3n) is 3.98. The molecule has 5 heteroatoms. The Balaban J connectivity index is 1.86. The Kier molecular flexibility index (Phi) is 5.64. The van der Waals surface area contributed by atoms with Crippen LogP contribution in [0.2, 0.25) is 0 Å². The number of oxime groups is 1. The molecule has 1 fully saturated rings. The second-order valence-electron chi connectivity index (χ2n) is 7.03. The molecule has 1 heterocycles. The highest BCUT2D eigenvalue weighted by atomic mass is 16.6. The van der Waals surface area contributed by atoms with E-state index < -0.39 is 5.60 Å². The van der Waals surface area contributed by atoms with Gasteiger partial charge in [-0.05, 0) is 51.5 Å². The summed E-state index contributed by atoms with van der Waals surface area (Å²) in [7, 11) is 0. The molecule has 0 spiro atoms. The average Bonchev–Trinajstić information content (AvgIpc) is 2.52. The number of hydrogen-bond acceptors (Lipinski definition) is 4. The van der Waals surface area contributed by atoms with Crippen LogP contribution in [0.4, 0.5) is 4.79 Å². The molecule has 126 valence electrons. The summed E-state index contributed by atoms with van der Waals surface area (Å²) in [4.78, 5) is 13.8. The fraction of sp³-hybridized carbons (Fsp3) is 0.556. The van der Waals surface area contributed by atoms with Crippen molar-refractivity contribution >= 4 is 11.8 Å². The van der Waals surface area contributed by atoms with Crippen LogP contribution in [-0.4, -0.2) is 40.6 Å². The van der Waals surface area contributed by atoms with Crippen molar-refractivity contribution in [2.45, 2.75) is 45.6 Å². The van der Waals surface area contributed by atoms with Crippen molar-refractivity contribution in [2.75, 3.05) is 13.1 Å². The quantitative estimate of drug-likeness (QED) is 0.522. The minimum Gasteiger partial charge on any atom is -0.444 e. The molecule has 5 nitrogen and oxygen atoms in total. The standard InChI is InChI=1S/C18H26N2O3/c1-18(2,3)23-17(21)20-11-9-14(10-12-20)13-16(19-22)15-7-5-4-6-8-15/h4-8,14,22H,9-13H2,1-3H3/b19-16-. The summed E-state index contributed by atoms with van der Waals surface area (Å²) >= 11 is 0. The number of likely N-dealkylation sites (tertiary alicyclic amines) is 1. The van der Waals surface area contributed by atoms with Gasteiger partial charge in [0.25, 0.3) is 0 Å². The summed E-state index contributed by atoms with van der Waals surface area (Å²) in [6.45, 7) is 7.00. The Hall–Kier alpha value is -2.04. The lowest BCUT2D eigenvalue weighted by atomic mass is 9.89. The fourth-order valence-electron chi connectivity index (χ4n) is 2.77. The largest absolute Gasteiger partial charge is 0.444 e. The average molecular weight is 318 g/mol. The van der Waals surface area contributed by atoms with E-state index in [-0.39, 0.29) is 6.09 Å². The minimum atomic E-state index is -0.460. The normalized spacial score (nSPS) is 17.2. The van der Waals surface area contributed by atoms with Crippen LogP contribution >= 0.6 is 0 Å². The first-order chi connectivity index (χ1) is 10.9. The lowest BCUT2D eigenvalue weighted by molar-refractivity contribution is 0.0186. The van der Waals surface area contributed by atoms with Gasteiger partial charge in [0, 0.05) is 13.1 Å². The molecule has 0 unspecified atom stereocenters. The molecule has 0 radical (unpaired) electrons. The molecule has 0 aromatic heterocycles. The predicted molar refractivity (Wildman–Crippen MR) is 89.9 cm³/mol. The highest BCUT2D eigenvalue weighted by Crippen LogP contribution is 2.24. The molecule has 1 aromatic rings. The van der Waals surface area contributed by atoms with E-state index in [1.807, 2.05) is 51.1 Å². The van der Waals surface area contributed by atoms with E-state index in [1.54, 1.807) is 4.90 Å². The van der Waals surface area contributed by atoms with E-state index in [0.29, 0.717) is 24.7 Å². The van der Waals surface area contributed by atoms with Gasteiger partial charge in [-0.1, -0.05) is 35.5 Å². The van der Waals surface area contributed by atoms with Crippen LogP contribution in [0, 0.1) is 5.92 Å². The van der Waals surface area contributed by atoms with Gasteiger partial charge >= 0.3 is 6.09 Å². The van der Waals surface area contributed by atoms with Gasteiger partial charge < -0.3 is 14.8 Å². The number of piperidine rings is 1. The SMILES string of the molecule is CC(C)(C)OC(=O)N1CCC(C/C(=N/O)c2ccccc2)CC1. The number of nitrogens with zero attached hydrogens (tertiary/aromatic N) is 2. The Labute approximate surface area is 137 Å². The maximum atomic E-state index is 12.1. The molecule has 1 aliphatic heterocycles. The van der Waals surface area contributed by atoms with Crippen molar-refractivity contribution in [3.05, 3.63) is 35.9 Å². The van der Waals surface area contributed by atoms with Gasteiger partial charge in [-0.3, -0.25) is 0 Å². The smallest absolute Gasteiger partial charge is 0.410 e. The van der Waals surface area contributed by atoms with Gasteiger partial charge in [-0.2, -0.15) is 0 Å². The zero-order chi connectivity index (χ0) is 16.9. The second-order valence-corrected chi connectivity index (χ2v) is 7.03. The van der Waals surface area contributed by atoms with Crippen molar-refractivity contribution in [1.29, 1.82) is 0 Å². The van der Waals surface area contributed by atoms with E-state index >= 15 is 0 Å². The lowest BCUT2D eigenvalue weighted by Gasteiger charge is -2.33. The summed E-state index contributed by atoms with van der Waals surface area (Å²) < 4.78 is 5.41.